The summed E-state index contributed by atoms with van der Waals surface area (Å²) in [6.07, 6.45) is 4.80. The molecule has 8 nitrogen and oxygen atoms in total. The van der Waals surface area contributed by atoms with Crippen LogP contribution in [0.15, 0.2) is 90.0 Å². The maximum absolute atomic E-state index is 16.1. The summed E-state index contributed by atoms with van der Waals surface area (Å²) in [4.78, 5) is 29.4. The van der Waals surface area contributed by atoms with Gasteiger partial charge in [0.15, 0.2) is 5.82 Å². The van der Waals surface area contributed by atoms with Gasteiger partial charge in [0.05, 0.1) is 34.0 Å². The van der Waals surface area contributed by atoms with E-state index in [1.807, 2.05) is 29.0 Å². The third kappa shape index (κ3) is 4.03. The topological polar surface area (TPSA) is 112 Å². The van der Waals surface area contributed by atoms with Crippen molar-refractivity contribution in [3.05, 3.63) is 101 Å². The Labute approximate surface area is 224 Å². The van der Waals surface area contributed by atoms with Crippen molar-refractivity contribution in [1.29, 1.82) is 0 Å². The number of hydrogen-bond acceptors (Lipinski definition) is 6. The number of carbonyl (C=O) groups is 1. The lowest BCUT2D eigenvalue weighted by Gasteiger charge is -2.09. The average Bonchev–Trinajstić information content (AvgIpc) is 3.73. The molecule has 0 saturated heterocycles. The predicted octanol–water partition coefficient (Wildman–Crippen LogP) is 6.68. The minimum Gasteiger partial charge on any atom is -0.336 e. The number of nitrogens with zero attached hydrogens (tertiary/aromatic N) is 4. The largest absolute Gasteiger partial charge is 0.336 e. The molecule has 0 aliphatic carbocycles. The number of anilines is 1. The molecule has 0 aliphatic heterocycles. The van der Waals surface area contributed by atoms with Crippen molar-refractivity contribution < 1.29 is 9.18 Å². The van der Waals surface area contributed by atoms with E-state index >= 15 is 4.39 Å². The van der Waals surface area contributed by atoms with Crippen molar-refractivity contribution in [3.63, 3.8) is 0 Å². The van der Waals surface area contributed by atoms with Gasteiger partial charge in [0.2, 0.25) is 0 Å². The molecule has 0 atom stereocenters. The first-order valence-electron chi connectivity index (χ1n) is 12.0. The Morgan fingerprint density at radius 1 is 0.949 bits per heavy atom. The van der Waals surface area contributed by atoms with Crippen molar-refractivity contribution >= 4 is 44.9 Å². The molecule has 0 fully saturated rings. The third-order valence-electron chi connectivity index (χ3n) is 6.43. The van der Waals surface area contributed by atoms with Gasteiger partial charge in [-0.2, -0.15) is 16.4 Å². The van der Waals surface area contributed by atoms with Gasteiger partial charge in [-0.25, -0.2) is 9.37 Å². The Hall–Kier alpha value is -5.22. The van der Waals surface area contributed by atoms with Crippen LogP contribution >= 0.6 is 11.3 Å². The fourth-order valence-corrected chi connectivity index (χ4v) is 5.21. The molecule has 0 aliphatic rings. The van der Waals surface area contributed by atoms with Gasteiger partial charge in [-0.3, -0.25) is 19.9 Å². The second kappa shape index (κ2) is 9.26. The summed E-state index contributed by atoms with van der Waals surface area (Å²) in [7, 11) is 0. The van der Waals surface area contributed by atoms with Gasteiger partial charge >= 0.3 is 0 Å². The number of aromatic nitrogens is 6. The smallest absolute Gasteiger partial charge is 0.255 e. The first-order valence-corrected chi connectivity index (χ1v) is 13.0. The molecular weight excluding hydrogens is 513 g/mol. The Morgan fingerprint density at radius 2 is 1.85 bits per heavy atom. The summed E-state index contributed by atoms with van der Waals surface area (Å²) in [5, 5.41) is 14.4. The van der Waals surface area contributed by atoms with Gasteiger partial charge in [-0.05, 0) is 47.8 Å². The lowest BCUT2D eigenvalue weighted by atomic mass is 10.0. The highest BCUT2D eigenvalue weighted by molar-refractivity contribution is 7.08. The van der Waals surface area contributed by atoms with E-state index < -0.39 is 5.82 Å². The molecule has 2 aromatic carbocycles. The minimum absolute atomic E-state index is 0.274. The second-order valence-corrected chi connectivity index (χ2v) is 9.64. The number of hydrogen-bond donors (Lipinski definition) is 3. The number of benzene rings is 2. The van der Waals surface area contributed by atoms with Crippen LogP contribution in [0.1, 0.15) is 10.4 Å². The number of imidazole rings is 1. The average molecular weight is 532 g/mol. The standard InChI is InChI=1S/C29H18FN7OS/c30-24-20(18-12-19(14-31-13-18)33-29(38)16-4-2-1-3-5-16)6-7-21-23(24)27(37-36-21)28-34-22-8-10-32-25(26(22)35-28)17-9-11-39-15-17/h1-15H,(H,33,38)(H,34,35)(H,36,37). The normalized spacial score (nSPS) is 11.3. The van der Waals surface area contributed by atoms with Crippen LogP contribution in [0.5, 0.6) is 0 Å². The van der Waals surface area contributed by atoms with E-state index in [-0.39, 0.29) is 5.91 Å². The van der Waals surface area contributed by atoms with Crippen molar-refractivity contribution in [3.8, 4) is 33.9 Å². The molecule has 1 amide bonds. The third-order valence-corrected chi connectivity index (χ3v) is 7.11. The van der Waals surface area contributed by atoms with Crippen LogP contribution in [-0.4, -0.2) is 36.0 Å². The maximum atomic E-state index is 16.1. The van der Waals surface area contributed by atoms with Gasteiger partial charge in [0, 0.05) is 40.0 Å². The minimum atomic E-state index is -0.471. The van der Waals surface area contributed by atoms with Crippen LogP contribution in [0.3, 0.4) is 0 Å². The van der Waals surface area contributed by atoms with Crippen LogP contribution in [0.2, 0.25) is 0 Å². The van der Waals surface area contributed by atoms with Gasteiger partial charge in [-0.1, -0.05) is 18.2 Å². The van der Waals surface area contributed by atoms with Crippen molar-refractivity contribution in [1.82, 2.24) is 30.1 Å². The zero-order valence-electron chi connectivity index (χ0n) is 20.1. The molecule has 188 valence electrons. The number of nitrogens with one attached hydrogen (secondary N) is 3. The Kier molecular flexibility index (Phi) is 5.45. The summed E-state index contributed by atoms with van der Waals surface area (Å²) < 4.78 is 16.1. The molecule has 3 N–H and O–H groups in total. The number of rotatable bonds is 5. The summed E-state index contributed by atoms with van der Waals surface area (Å²) in [5.74, 6) is -0.316. The highest BCUT2D eigenvalue weighted by Gasteiger charge is 2.21. The molecule has 5 heterocycles. The zero-order chi connectivity index (χ0) is 26.3. The molecule has 7 rings (SSSR count). The SMILES string of the molecule is O=C(Nc1cncc(-c2ccc3[nH]nc(-c4nc5c(-c6ccsc6)nccc5[nH]4)c3c2F)c1)c1ccccc1. The number of thiophene rings is 1. The number of halogens is 1. The van der Waals surface area contributed by atoms with E-state index in [1.165, 1.54) is 6.20 Å². The zero-order valence-corrected chi connectivity index (χ0v) is 21.0. The summed E-state index contributed by atoms with van der Waals surface area (Å²) >= 11 is 1.58. The van der Waals surface area contributed by atoms with Gasteiger partial charge in [0.1, 0.15) is 17.0 Å². The van der Waals surface area contributed by atoms with Crippen molar-refractivity contribution in [2.45, 2.75) is 0 Å². The number of carbonyl (C=O) groups excluding carboxylic acids is 1. The maximum Gasteiger partial charge on any atom is 0.255 e. The highest BCUT2D eigenvalue weighted by atomic mass is 32.1. The van der Waals surface area contributed by atoms with Crippen LogP contribution in [-0.2, 0) is 0 Å². The second-order valence-electron chi connectivity index (χ2n) is 8.86. The molecule has 0 radical (unpaired) electrons. The van der Waals surface area contributed by atoms with Crippen LogP contribution in [0.4, 0.5) is 10.1 Å². The van der Waals surface area contributed by atoms with Crippen molar-refractivity contribution in [2.75, 3.05) is 5.32 Å². The monoisotopic (exact) mass is 531 g/mol. The highest BCUT2D eigenvalue weighted by Crippen LogP contribution is 2.35. The Balaban J connectivity index is 1.29. The van der Waals surface area contributed by atoms with E-state index in [2.05, 4.69) is 30.5 Å². The summed E-state index contributed by atoms with van der Waals surface area (Å²) in [5.41, 5.74) is 5.88. The molecule has 7 aromatic rings. The fraction of sp³-hybridized carbons (Fsp3) is 0. The Bertz CT molecular complexity index is 1980. The molecule has 0 unspecified atom stereocenters. The number of pyridine rings is 2. The van der Waals surface area contributed by atoms with E-state index in [0.29, 0.717) is 50.3 Å². The van der Waals surface area contributed by atoms with Crippen LogP contribution < -0.4 is 5.32 Å². The molecule has 5 aromatic heterocycles. The lowest BCUT2D eigenvalue weighted by molar-refractivity contribution is 0.102. The van der Waals surface area contributed by atoms with E-state index in [1.54, 1.807) is 66.2 Å². The number of aromatic amines is 2. The van der Waals surface area contributed by atoms with E-state index in [0.717, 1.165) is 16.8 Å². The number of fused-ring (bicyclic) bond motifs is 2. The summed E-state index contributed by atoms with van der Waals surface area (Å²) in [6, 6.07) is 17.8. The van der Waals surface area contributed by atoms with Crippen molar-refractivity contribution in [2.24, 2.45) is 0 Å². The first-order chi connectivity index (χ1) is 19.2. The summed E-state index contributed by atoms with van der Waals surface area (Å²) in [6.45, 7) is 0. The van der Waals surface area contributed by atoms with E-state index in [9.17, 15) is 4.79 Å². The van der Waals surface area contributed by atoms with E-state index in [4.69, 9.17) is 4.98 Å². The number of amides is 1. The molecule has 0 saturated carbocycles. The molecular formula is C29H18FN7OS. The molecule has 0 spiro atoms. The van der Waals surface area contributed by atoms with Crippen LogP contribution in [0.25, 0.3) is 55.8 Å². The quantitative estimate of drug-likeness (QED) is 0.229. The first kappa shape index (κ1) is 22.9. The predicted molar refractivity (Wildman–Crippen MR) is 150 cm³/mol. The molecule has 10 heteroatoms. The van der Waals surface area contributed by atoms with Gasteiger partial charge < -0.3 is 10.3 Å². The molecule has 39 heavy (non-hydrogen) atoms. The fourth-order valence-electron chi connectivity index (χ4n) is 4.57. The Morgan fingerprint density at radius 3 is 2.69 bits per heavy atom. The lowest BCUT2D eigenvalue weighted by Crippen LogP contribution is -2.11. The van der Waals surface area contributed by atoms with Gasteiger partial charge in [0.25, 0.3) is 5.91 Å². The molecule has 0 bridgehead atoms. The van der Waals surface area contributed by atoms with Gasteiger partial charge in [-0.15, -0.1) is 0 Å². The number of H-pyrrole nitrogens is 2. The van der Waals surface area contributed by atoms with Crippen LogP contribution in [0, 0.1) is 5.82 Å².